The molecule has 0 spiro atoms. The van der Waals surface area contributed by atoms with Crippen molar-refractivity contribution in [3.63, 3.8) is 0 Å². The average molecular weight is 412 g/mol. The maximum atomic E-state index is 12.9. The Balaban J connectivity index is 1.55. The Hall–Kier alpha value is -3.80. The molecule has 0 aliphatic rings. The number of rotatable bonds is 5. The van der Waals surface area contributed by atoms with Gasteiger partial charge in [-0.2, -0.15) is 0 Å². The van der Waals surface area contributed by atoms with Crippen molar-refractivity contribution in [2.75, 3.05) is 5.32 Å². The van der Waals surface area contributed by atoms with Gasteiger partial charge in [0.2, 0.25) is 5.95 Å². The van der Waals surface area contributed by atoms with Gasteiger partial charge in [0.25, 0.3) is 5.91 Å². The zero-order valence-electron chi connectivity index (χ0n) is 18.2. The molecule has 0 saturated heterocycles. The van der Waals surface area contributed by atoms with Crippen LogP contribution < -0.4 is 5.32 Å². The molecule has 0 saturated carbocycles. The largest absolute Gasteiger partial charge is 0.313 e. The molecule has 0 radical (unpaired) electrons. The quantitative estimate of drug-likeness (QED) is 0.519. The van der Waals surface area contributed by atoms with Gasteiger partial charge in [-0.25, -0.2) is 15.0 Å². The topological polar surface area (TPSA) is 72.7 Å². The second-order valence-corrected chi connectivity index (χ2v) is 7.81. The van der Waals surface area contributed by atoms with Crippen LogP contribution in [0.1, 0.15) is 38.3 Å². The first-order valence-corrected chi connectivity index (χ1v) is 10.2. The van der Waals surface area contributed by atoms with Crippen molar-refractivity contribution in [3.05, 3.63) is 94.7 Å². The summed E-state index contributed by atoms with van der Waals surface area (Å²) in [4.78, 5) is 25.5. The van der Waals surface area contributed by atoms with E-state index in [2.05, 4.69) is 53.2 Å². The summed E-state index contributed by atoms with van der Waals surface area (Å²) in [6.45, 7) is 6.31. The summed E-state index contributed by atoms with van der Waals surface area (Å²) in [5.41, 5.74) is 8.26. The summed E-state index contributed by atoms with van der Waals surface area (Å²) in [7, 11) is 1.91. The Labute approximate surface area is 182 Å². The first kappa shape index (κ1) is 20.5. The number of aromatic nitrogens is 4. The lowest BCUT2D eigenvalue weighted by Gasteiger charge is -2.12. The molecule has 2 aromatic carbocycles. The number of nitrogens with one attached hydrogen (secondary N) is 1. The van der Waals surface area contributed by atoms with E-state index in [1.165, 1.54) is 23.0 Å². The van der Waals surface area contributed by atoms with E-state index < -0.39 is 0 Å². The normalized spacial score (nSPS) is 10.8. The van der Waals surface area contributed by atoms with Crippen molar-refractivity contribution in [2.24, 2.45) is 7.05 Å². The number of carbonyl (C=O) groups is 1. The number of benzene rings is 2. The van der Waals surface area contributed by atoms with Crippen LogP contribution in [-0.2, 0) is 13.5 Å². The average Bonchev–Trinajstić information content (AvgIpc) is 3.11. The molecular formula is C25H25N5O. The number of anilines is 1. The van der Waals surface area contributed by atoms with E-state index >= 15 is 0 Å². The lowest BCUT2D eigenvalue weighted by atomic mass is 9.99. The third-order valence-corrected chi connectivity index (χ3v) is 5.55. The summed E-state index contributed by atoms with van der Waals surface area (Å²) in [6, 6.07) is 13.8. The van der Waals surface area contributed by atoms with Gasteiger partial charge in [0, 0.05) is 36.5 Å². The first-order chi connectivity index (χ1) is 14.9. The summed E-state index contributed by atoms with van der Waals surface area (Å²) >= 11 is 0. The van der Waals surface area contributed by atoms with Gasteiger partial charge in [-0.1, -0.05) is 18.2 Å². The fourth-order valence-corrected chi connectivity index (χ4v) is 3.64. The highest BCUT2D eigenvalue weighted by atomic mass is 16.1. The Morgan fingerprint density at radius 1 is 1.00 bits per heavy atom. The molecule has 0 fully saturated rings. The zero-order valence-corrected chi connectivity index (χ0v) is 18.2. The van der Waals surface area contributed by atoms with Gasteiger partial charge >= 0.3 is 0 Å². The fourth-order valence-electron chi connectivity index (χ4n) is 3.64. The van der Waals surface area contributed by atoms with E-state index in [1.807, 2.05) is 35.9 Å². The molecule has 6 heteroatoms. The van der Waals surface area contributed by atoms with Crippen LogP contribution in [0, 0.1) is 20.8 Å². The standard InChI is InChI=1S/C25H25N5O/c1-16-10-18(3)22(11-17(16)2)23-14-27-25(30(23)4)29-24(31)20-7-5-6-19(12-20)13-21-8-9-26-15-28-21/h5-12,14-15H,13H2,1-4H3,(H,27,29,31). The number of aryl methyl sites for hydroxylation is 3. The second kappa shape index (κ2) is 8.52. The van der Waals surface area contributed by atoms with Crippen LogP contribution in [0.4, 0.5) is 5.95 Å². The van der Waals surface area contributed by atoms with E-state index in [0.29, 0.717) is 17.9 Å². The lowest BCUT2D eigenvalue weighted by molar-refractivity contribution is 0.102. The van der Waals surface area contributed by atoms with Crippen molar-refractivity contribution < 1.29 is 4.79 Å². The predicted octanol–water partition coefficient (Wildman–Crippen LogP) is 4.65. The van der Waals surface area contributed by atoms with Crippen molar-refractivity contribution >= 4 is 11.9 Å². The van der Waals surface area contributed by atoms with E-state index in [9.17, 15) is 4.79 Å². The maximum Gasteiger partial charge on any atom is 0.257 e. The van der Waals surface area contributed by atoms with Gasteiger partial charge in [-0.15, -0.1) is 0 Å². The van der Waals surface area contributed by atoms with Gasteiger partial charge in [0.05, 0.1) is 11.9 Å². The molecule has 0 atom stereocenters. The zero-order chi connectivity index (χ0) is 22.0. The van der Waals surface area contributed by atoms with Crippen LogP contribution in [0.3, 0.4) is 0 Å². The highest BCUT2D eigenvalue weighted by Gasteiger charge is 2.15. The summed E-state index contributed by atoms with van der Waals surface area (Å²) in [5.74, 6) is 0.320. The molecule has 0 unspecified atom stereocenters. The monoisotopic (exact) mass is 411 g/mol. The third kappa shape index (κ3) is 4.38. The van der Waals surface area contributed by atoms with Crippen LogP contribution in [-0.4, -0.2) is 25.4 Å². The van der Waals surface area contributed by atoms with Crippen molar-refractivity contribution in [2.45, 2.75) is 27.2 Å². The molecule has 1 amide bonds. The lowest BCUT2D eigenvalue weighted by Crippen LogP contribution is -2.15. The molecule has 2 heterocycles. The number of amides is 1. The first-order valence-electron chi connectivity index (χ1n) is 10.2. The van der Waals surface area contributed by atoms with E-state index in [0.717, 1.165) is 22.5 Å². The van der Waals surface area contributed by atoms with Crippen LogP contribution in [0.2, 0.25) is 0 Å². The Bertz CT molecular complexity index is 1240. The summed E-state index contributed by atoms with van der Waals surface area (Å²) < 4.78 is 1.92. The number of hydrogen-bond acceptors (Lipinski definition) is 4. The molecule has 6 nitrogen and oxygen atoms in total. The molecule has 1 N–H and O–H groups in total. The van der Waals surface area contributed by atoms with Gasteiger partial charge in [-0.3, -0.25) is 10.1 Å². The minimum absolute atomic E-state index is 0.193. The predicted molar refractivity (Wildman–Crippen MR) is 122 cm³/mol. The SMILES string of the molecule is Cc1cc(C)c(-c2cnc(NC(=O)c3cccc(Cc4ccncn4)c3)n2C)cc1C. The Morgan fingerprint density at radius 3 is 2.58 bits per heavy atom. The van der Waals surface area contributed by atoms with Crippen LogP contribution in [0.25, 0.3) is 11.3 Å². The van der Waals surface area contributed by atoms with Crippen molar-refractivity contribution in [3.8, 4) is 11.3 Å². The van der Waals surface area contributed by atoms with Crippen LogP contribution >= 0.6 is 0 Å². The minimum Gasteiger partial charge on any atom is -0.313 e. The molecule has 0 aliphatic carbocycles. The number of nitrogens with zero attached hydrogens (tertiary/aromatic N) is 4. The minimum atomic E-state index is -0.193. The molecule has 31 heavy (non-hydrogen) atoms. The van der Waals surface area contributed by atoms with E-state index in [1.54, 1.807) is 18.5 Å². The van der Waals surface area contributed by atoms with Crippen molar-refractivity contribution in [1.82, 2.24) is 19.5 Å². The van der Waals surface area contributed by atoms with E-state index in [4.69, 9.17) is 0 Å². The van der Waals surface area contributed by atoms with Crippen LogP contribution in [0.15, 0.2) is 61.2 Å². The molecule has 4 rings (SSSR count). The molecule has 2 aromatic heterocycles. The molecule has 4 aromatic rings. The molecule has 0 bridgehead atoms. The van der Waals surface area contributed by atoms with Gasteiger partial charge in [-0.05, 0) is 67.3 Å². The highest BCUT2D eigenvalue weighted by Crippen LogP contribution is 2.28. The number of hydrogen-bond donors (Lipinski definition) is 1. The van der Waals surface area contributed by atoms with Gasteiger partial charge in [0.1, 0.15) is 6.33 Å². The van der Waals surface area contributed by atoms with Crippen LogP contribution in [0.5, 0.6) is 0 Å². The Morgan fingerprint density at radius 2 is 1.81 bits per heavy atom. The third-order valence-electron chi connectivity index (χ3n) is 5.55. The number of imidazole rings is 1. The Kier molecular flexibility index (Phi) is 5.62. The smallest absolute Gasteiger partial charge is 0.257 e. The van der Waals surface area contributed by atoms with E-state index in [-0.39, 0.29) is 5.91 Å². The molecule has 0 aliphatic heterocycles. The van der Waals surface area contributed by atoms with Gasteiger partial charge in [0.15, 0.2) is 0 Å². The maximum absolute atomic E-state index is 12.9. The fraction of sp³-hybridized carbons (Fsp3) is 0.200. The second-order valence-electron chi connectivity index (χ2n) is 7.81. The van der Waals surface area contributed by atoms with Crippen molar-refractivity contribution in [1.29, 1.82) is 0 Å². The molecular weight excluding hydrogens is 386 g/mol. The molecule has 156 valence electrons. The highest BCUT2D eigenvalue weighted by molar-refractivity contribution is 6.03. The number of carbonyl (C=O) groups excluding carboxylic acids is 1. The van der Waals surface area contributed by atoms with Gasteiger partial charge < -0.3 is 4.57 Å². The summed E-state index contributed by atoms with van der Waals surface area (Å²) in [5, 5.41) is 2.94. The summed E-state index contributed by atoms with van der Waals surface area (Å²) in [6.07, 6.45) is 5.69.